The molecule has 8 nitrogen and oxygen atoms in total. The molecule has 40 heavy (non-hydrogen) atoms. The Morgan fingerprint density at radius 1 is 0.925 bits per heavy atom. The number of hydrogen-bond donors (Lipinski definition) is 0. The SMILES string of the molecule is Cc1ccc(F)c(C)c1Oc1c(C(=O)N2CCN(C(=O)OC(C)(C)C)CC2)c2ccncc2n1-c1ccccc1. The molecular formula is C31H33FN4O4. The second kappa shape index (κ2) is 10.6. The summed E-state index contributed by atoms with van der Waals surface area (Å²) in [5.74, 6) is 0.00882. The van der Waals surface area contributed by atoms with Gasteiger partial charge in [0.2, 0.25) is 5.88 Å². The Labute approximate surface area is 232 Å². The molecule has 5 rings (SSSR count). The van der Waals surface area contributed by atoms with Crippen molar-refractivity contribution >= 4 is 22.9 Å². The normalized spacial score (nSPS) is 13.9. The number of halogens is 1. The minimum atomic E-state index is -0.600. The van der Waals surface area contributed by atoms with E-state index in [-0.39, 0.29) is 11.8 Å². The van der Waals surface area contributed by atoms with E-state index in [0.29, 0.717) is 54.0 Å². The third-order valence-corrected chi connectivity index (χ3v) is 6.91. The predicted octanol–water partition coefficient (Wildman–Crippen LogP) is 6.27. The molecule has 2 aromatic heterocycles. The summed E-state index contributed by atoms with van der Waals surface area (Å²) >= 11 is 0. The molecule has 0 spiro atoms. The van der Waals surface area contributed by atoms with Crippen LogP contribution in [0.4, 0.5) is 9.18 Å². The number of carbonyl (C=O) groups is 2. The van der Waals surface area contributed by atoms with Crippen molar-refractivity contribution in [2.75, 3.05) is 26.2 Å². The molecular weight excluding hydrogens is 511 g/mol. The van der Waals surface area contributed by atoms with E-state index in [1.54, 1.807) is 41.2 Å². The highest BCUT2D eigenvalue weighted by Gasteiger charge is 2.33. The molecule has 2 aromatic carbocycles. The van der Waals surface area contributed by atoms with Crippen LogP contribution >= 0.6 is 0 Å². The standard InChI is InChI=1S/C31H33FN4O4/c1-20-11-12-24(32)21(2)27(20)39-29-26(23-13-14-33-19-25(23)36(29)22-9-7-6-8-10-22)28(37)34-15-17-35(18-16-34)30(38)40-31(3,4)5/h6-14,19H,15-18H2,1-5H3. The van der Waals surface area contributed by atoms with Crippen LogP contribution < -0.4 is 4.74 Å². The number of carbonyl (C=O) groups excluding carboxylic acids is 2. The van der Waals surface area contributed by atoms with Gasteiger partial charge in [-0.25, -0.2) is 9.18 Å². The van der Waals surface area contributed by atoms with Crippen LogP contribution in [0.5, 0.6) is 11.6 Å². The van der Waals surface area contributed by atoms with Gasteiger partial charge in [-0.05, 0) is 64.4 Å². The van der Waals surface area contributed by atoms with Crippen LogP contribution in [0.3, 0.4) is 0 Å². The lowest BCUT2D eigenvalue weighted by Crippen LogP contribution is -2.51. The lowest BCUT2D eigenvalue weighted by Gasteiger charge is -2.35. The molecule has 9 heteroatoms. The Hall–Kier alpha value is -4.40. The zero-order valence-corrected chi connectivity index (χ0v) is 23.4. The molecule has 0 unspecified atom stereocenters. The molecule has 0 saturated carbocycles. The van der Waals surface area contributed by atoms with E-state index in [0.717, 1.165) is 11.3 Å². The molecule has 0 radical (unpaired) electrons. The van der Waals surface area contributed by atoms with Crippen molar-refractivity contribution in [2.45, 2.75) is 40.2 Å². The summed E-state index contributed by atoms with van der Waals surface area (Å²) in [5, 5.41) is 0.667. The number of aryl methyl sites for hydroxylation is 1. The van der Waals surface area contributed by atoms with Gasteiger partial charge in [0.15, 0.2) is 0 Å². The van der Waals surface area contributed by atoms with Gasteiger partial charge in [-0.15, -0.1) is 0 Å². The number of para-hydroxylation sites is 1. The fourth-order valence-electron chi connectivity index (χ4n) is 4.88. The van der Waals surface area contributed by atoms with Crippen LogP contribution in [-0.4, -0.2) is 63.1 Å². The smallest absolute Gasteiger partial charge is 0.410 e. The van der Waals surface area contributed by atoms with E-state index in [2.05, 4.69) is 4.98 Å². The molecule has 0 aliphatic carbocycles. The predicted molar refractivity (Wildman–Crippen MR) is 151 cm³/mol. The summed E-state index contributed by atoms with van der Waals surface area (Å²) in [7, 11) is 0. The second-order valence-corrected chi connectivity index (χ2v) is 10.9. The number of piperazine rings is 1. The number of benzene rings is 2. The van der Waals surface area contributed by atoms with Crippen LogP contribution in [0.25, 0.3) is 16.6 Å². The van der Waals surface area contributed by atoms with Crippen molar-refractivity contribution in [2.24, 2.45) is 0 Å². The topological polar surface area (TPSA) is 76.9 Å². The summed E-state index contributed by atoms with van der Waals surface area (Å²) < 4.78 is 28.5. The van der Waals surface area contributed by atoms with E-state index in [1.165, 1.54) is 6.07 Å². The van der Waals surface area contributed by atoms with Gasteiger partial charge in [0.05, 0.1) is 11.7 Å². The zero-order chi connectivity index (χ0) is 28.6. The molecule has 1 saturated heterocycles. The molecule has 4 aromatic rings. The van der Waals surface area contributed by atoms with Gasteiger partial charge in [-0.2, -0.15) is 0 Å². The molecule has 3 heterocycles. The number of amides is 2. The van der Waals surface area contributed by atoms with Crippen molar-refractivity contribution < 1.29 is 23.5 Å². The summed E-state index contributed by atoms with van der Waals surface area (Å²) in [5.41, 5.74) is 2.31. The highest BCUT2D eigenvalue weighted by molar-refractivity contribution is 6.10. The monoisotopic (exact) mass is 544 g/mol. The Kier molecular flexibility index (Phi) is 7.23. The van der Waals surface area contributed by atoms with E-state index in [9.17, 15) is 14.0 Å². The van der Waals surface area contributed by atoms with Crippen LogP contribution in [0.15, 0.2) is 60.9 Å². The highest BCUT2D eigenvalue weighted by atomic mass is 19.1. The zero-order valence-electron chi connectivity index (χ0n) is 23.4. The largest absolute Gasteiger partial charge is 0.444 e. The number of fused-ring (bicyclic) bond motifs is 1. The van der Waals surface area contributed by atoms with E-state index in [1.807, 2.05) is 62.6 Å². The van der Waals surface area contributed by atoms with E-state index >= 15 is 0 Å². The van der Waals surface area contributed by atoms with Gasteiger partial charge in [0, 0.05) is 49.0 Å². The second-order valence-electron chi connectivity index (χ2n) is 10.9. The number of nitrogens with zero attached hydrogens (tertiary/aromatic N) is 4. The summed E-state index contributed by atoms with van der Waals surface area (Å²) in [6.45, 7) is 10.3. The lowest BCUT2D eigenvalue weighted by molar-refractivity contribution is 0.0140. The van der Waals surface area contributed by atoms with Gasteiger partial charge >= 0.3 is 6.09 Å². The van der Waals surface area contributed by atoms with Crippen LogP contribution in [0.1, 0.15) is 42.3 Å². The van der Waals surface area contributed by atoms with E-state index < -0.39 is 17.5 Å². The van der Waals surface area contributed by atoms with Gasteiger partial charge in [-0.3, -0.25) is 14.3 Å². The molecule has 0 atom stereocenters. The molecule has 1 aliphatic heterocycles. The Morgan fingerprint density at radius 3 is 2.27 bits per heavy atom. The minimum Gasteiger partial charge on any atom is -0.444 e. The van der Waals surface area contributed by atoms with Gasteiger partial charge in [0.1, 0.15) is 22.7 Å². The average Bonchev–Trinajstić information content (AvgIpc) is 3.26. The maximum Gasteiger partial charge on any atom is 0.410 e. The fourth-order valence-corrected chi connectivity index (χ4v) is 4.88. The Bertz CT molecular complexity index is 1570. The molecule has 0 N–H and O–H groups in total. The fraction of sp³-hybridized carbons (Fsp3) is 0.323. The van der Waals surface area contributed by atoms with Crippen molar-refractivity contribution in [3.8, 4) is 17.3 Å². The van der Waals surface area contributed by atoms with Crippen LogP contribution in [-0.2, 0) is 4.74 Å². The van der Waals surface area contributed by atoms with Gasteiger partial charge in [0.25, 0.3) is 5.91 Å². The average molecular weight is 545 g/mol. The van der Waals surface area contributed by atoms with Gasteiger partial charge in [-0.1, -0.05) is 24.3 Å². The van der Waals surface area contributed by atoms with Crippen molar-refractivity contribution in [1.82, 2.24) is 19.4 Å². The summed E-state index contributed by atoms with van der Waals surface area (Å²) in [4.78, 5) is 34.4. The first-order chi connectivity index (χ1) is 19.0. The maximum absolute atomic E-state index is 14.6. The number of aromatic nitrogens is 2. The highest BCUT2D eigenvalue weighted by Crippen LogP contribution is 2.40. The Morgan fingerprint density at radius 2 is 1.60 bits per heavy atom. The van der Waals surface area contributed by atoms with Crippen molar-refractivity contribution in [1.29, 1.82) is 0 Å². The molecule has 1 aliphatic rings. The Balaban J connectivity index is 1.58. The first-order valence-corrected chi connectivity index (χ1v) is 13.3. The van der Waals surface area contributed by atoms with Crippen molar-refractivity contribution in [3.63, 3.8) is 0 Å². The van der Waals surface area contributed by atoms with E-state index in [4.69, 9.17) is 9.47 Å². The molecule has 208 valence electrons. The number of pyridine rings is 1. The number of ether oxygens (including phenoxy) is 2. The van der Waals surface area contributed by atoms with Crippen LogP contribution in [0.2, 0.25) is 0 Å². The maximum atomic E-state index is 14.6. The third kappa shape index (κ3) is 5.23. The first kappa shape index (κ1) is 27.2. The molecule has 0 bridgehead atoms. The lowest BCUT2D eigenvalue weighted by atomic mass is 10.1. The summed E-state index contributed by atoms with van der Waals surface area (Å²) in [6, 6.07) is 14.4. The summed E-state index contributed by atoms with van der Waals surface area (Å²) in [6.07, 6.45) is 2.93. The third-order valence-electron chi connectivity index (χ3n) is 6.91. The van der Waals surface area contributed by atoms with Gasteiger partial charge < -0.3 is 19.3 Å². The molecule has 2 amide bonds. The number of rotatable bonds is 4. The van der Waals surface area contributed by atoms with Crippen LogP contribution in [0, 0.1) is 19.7 Å². The van der Waals surface area contributed by atoms with Crippen molar-refractivity contribution in [3.05, 3.63) is 83.4 Å². The quantitative estimate of drug-likeness (QED) is 0.303. The minimum absolute atomic E-state index is 0.239. The first-order valence-electron chi connectivity index (χ1n) is 13.3. The number of hydrogen-bond acceptors (Lipinski definition) is 5. The molecule has 1 fully saturated rings.